The number of halogens is 2. The highest BCUT2D eigenvalue weighted by molar-refractivity contribution is 7.33. The van der Waals surface area contributed by atoms with Crippen LogP contribution in [0.3, 0.4) is 0 Å². The average Bonchev–Trinajstić information content (AvgIpc) is 1.63. The van der Waals surface area contributed by atoms with Crippen LogP contribution in [0, 0.1) is 0 Å². The lowest BCUT2D eigenvalue weighted by atomic mass is 10.3. The third kappa shape index (κ3) is 24.5. The number of hydrogen-bond donors (Lipinski definition) is 1. The second-order valence-electron chi connectivity index (χ2n) is 1.66. The summed E-state index contributed by atoms with van der Waals surface area (Å²) in [6, 6.07) is 0. The molecule has 0 atom stereocenters. The Morgan fingerprint density at radius 3 is 1.70 bits per heavy atom. The van der Waals surface area contributed by atoms with Crippen molar-refractivity contribution in [1.82, 2.24) is 0 Å². The molecule has 0 aliphatic rings. The fraction of sp³-hybridized carbons (Fsp3) is 0.400. The lowest BCUT2D eigenvalue weighted by molar-refractivity contribution is -0.114. The van der Waals surface area contributed by atoms with Crippen LogP contribution in [0.2, 0.25) is 6.55 Å². The molecule has 0 saturated carbocycles. The molecule has 0 aromatic heterocycles. The van der Waals surface area contributed by atoms with Crippen LogP contribution < -0.4 is 5.73 Å². The first kappa shape index (κ1) is 12.7. The fourth-order valence-corrected chi connectivity index (χ4v) is 0. The smallest absolute Gasteiger partial charge is 0.243 e. The molecular formula is C5H11Cl2NOSi. The molecule has 0 unspecified atom stereocenters. The number of amides is 1. The number of rotatable bonds is 1. The Bertz CT molecular complexity index is 112. The van der Waals surface area contributed by atoms with Gasteiger partial charge < -0.3 is 5.73 Å². The zero-order valence-electron chi connectivity index (χ0n) is 6.03. The average molecular weight is 200 g/mol. The Hall–Kier alpha value is 0.00688. The zero-order valence-corrected chi connectivity index (χ0v) is 8.69. The van der Waals surface area contributed by atoms with Crippen molar-refractivity contribution in [3.05, 3.63) is 12.2 Å². The third-order valence-electron chi connectivity index (χ3n) is 0.421. The number of primary amides is 1. The van der Waals surface area contributed by atoms with E-state index in [1.807, 2.05) is 6.55 Å². The summed E-state index contributed by atoms with van der Waals surface area (Å²) in [5.41, 5.74) is 5.09. The highest BCUT2D eigenvalue weighted by atomic mass is 35.7. The van der Waals surface area contributed by atoms with E-state index in [9.17, 15) is 4.79 Å². The highest BCUT2D eigenvalue weighted by Crippen LogP contribution is 1.89. The van der Waals surface area contributed by atoms with Gasteiger partial charge in [0.05, 0.1) is 0 Å². The minimum absolute atomic E-state index is 0.398. The molecule has 0 aliphatic heterocycles. The Balaban J connectivity index is 0. The van der Waals surface area contributed by atoms with Gasteiger partial charge in [-0.05, 0) is 13.5 Å². The maximum absolute atomic E-state index is 9.82. The molecule has 0 rings (SSSR count). The molecule has 0 spiro atoms. The molecule has 2 nitrogen and oxygen atoms in total. The molecule has 0 fully saturated rings. The van der Waals surface area contributed by atoms with Crippen LogP contribution in [-0.2, 0) is 4.79 Å². The van der Waals surface area contributed by atoms with Gasteiger partial charge in [-0.15, -0.1) is 0 Å². The molecule has 0 aromatic rings. The van der Waals surface area contributed by atoms with Gasteiger partial charge in [0.25, 0.3) is 0 Å². The molecule has 0 aliphatic carbocycles. The Labute approximate surface area is 72.0 Å². The summed E-state index contributed by atoms with van der Waals surface area (Å²) in [6.45, 7) is 6.69. The normalized spacial score (nSPS) is 8.10. The SMILES string of the molecule is C=C(C)C(N)=O.C[SiH](Cl)Cl. The summed E-state index contributed by atoms with van der Waals surface area (Å²) in [5.74, 6) is -0.435. The van der Waals surface area contributed by atoms with Crippen molar-refractivity contribution in [2.75, 3.05) is 0 Å². The molecule has 0 saturated heterocycles. The molecule has 2 N–H and O–H groups in total. The summed E-state index contributed by atoms with van der Waals surface area (Å²) < 4.78 is 0. The Kier molecular flexibility index (Phi) is 9.01. The van der Waals surface area contributed by atoms with E-state index in [1.54, 1.807) is 6.92 Å². The molecule has 0 radical (unpaired) electrons. The quantitative estimate of drug-likeness (QED) is 0.387. The predicted molar refractivity (Wildman–Crippen MR) is 48.7 cm³/mol. The van der Waals surface area contributed by atoms with Crippen LogP contribution in [0.25, 0.3) is 0 Å². The third-order valence-corrected chi connectivity index (χ3v) is 0.421. The largest absolute Gasteiger partial charge is 0.366 e. The van der Waals surface area contributed by atoms with E-state index < -0.39 is 13.3 Å². The van der Waals surface area contributed by atoms with Crippen molar-refractivity contribution >= 4 is 35.5 Å². The van der Waals surface area contributed by atoms with Crippen molar-refractivity contribution in [2.24, 2.45) is 5.73 Å². The molecule has 0 aromatic carbocycles. The van der Waals surface area contributed by atoms with Crippen molar-refractivity contribution < 1.29 is 4.79 Å². The summed E-state index contributed by atoms with van der Waals surface area (Å²) in [6.07, 6.45) is 0. The highest BCUT2D eigenvalue weighted by Gasteiger charge is 1.86. The van der Waals surface area contributed by atoms with Crippen molar-refractivity contribution in [2.45, 2.75) is 13.5 Å². The minimum atomic E-state index is -1.19. The molecule has 60 valence electrons. The predicted octanol–water partition coefficient (Wildman–Crippen LogP) is 1.36. The first-order valence-corrected chi connectivity index (χ1v) is 7.26. The summed E-state index contributed by atoms with van der Waals surface area (Å²) in [4.78, 5) is 9.82. The van der Waals surface area contributed by atoms with E-state index >= 15 is 0 Å². The fourth-order valence-electron chi connectivity index (χ4n) is 0. The van der Waals surface area contributed by atoms with Crippen LogP contribution in [0.5, 0.6) is 0 Å². The minimum Gasteiger partial charge on any atom is -0.366 e. The number of hydrogen-bond acceptors (Lipinski definition) is 1. The molecule has 1 amide bonds. The number of carbonyl (C=O) groups excluding carboxylic acids is 1. The van der Waals surface area contributed by atoms with E-state index in [4.69, 9.17) is 27.9 Å². The molecule has 0 bridgehead atoms. The van der Waals surface area contributed by atoms with Gasteiger partial charge >= 0.3 is 0 Å². The molecular weight excluding hydrogens is 189 g/mol. The van der Waals surface area contributed by atoms with E-state index in [2.05, 4.69) is 6.58 Å². The van der Waals surface area contributed by atoms with Gasteiger partial charge in [-0.3, -0.25) is 4.79 Å². The van der Waals surface area contributed by atoms with Gasteiger partial charge in [0.1, 0.15) is 0 Å². The van der Waals surface area contributed by atoms with Gasteiger partial charge in [-0.1, -0.05) is 6.58 Å². The van der Waals surface area contributed by atoms with Crippen LogP contribution in [0.1, 0.15) is 6.92 Å². The van der Waals surface area contributed by atoms with Crippen molar-refractivity contribution in [3.63, 3.8) is 0 Å². The standard InChI is InChI=1S/C4H7NO.CH4Cl2Si/c1-3(2)4(5)6;1-4(2)3/h1H2,2H3,(H2,5,6);4H,1H3. The maximum Gasteiger partial charge on any atom is 0.243 e. The van der Waals surface area contributed by atoms with Crippen LogP contribution in [-0.4, -0.2) is 13.3 Å². The van der Waals surface area contributed by atoms with Crippen LogP contribution >= 0.6 is 22.2 Å². The summed E-state index contributed by atoms with van der Waals surface area (Å²) >= 11 is 10.4. The van der Waals surface area contributed by atoms with E-state index in [0.717, 1.165) is 0 Å². The second kappa shape index (κ2) is 7.12. The summed E-state index contributed by atoms with van der Waals surface area (Å²) in [5, 5.41) is 0. The number of carbonyl (C=O) groups is 1. The number of nitrogens with two attached hydrogens (primary N) is 1. The van der Waals surface area contributed by atoms with E-state index in [-0.39, 0.29) is 0 Å². The van der Waals surface area contributed by atoms with E-state index in [1.165, 1.54) is 0 Å². The second-order valence-corrected chi connectivity index (χ2v) is 7.30. The zero-order chi connectivity index (χ0) is 8.73. The van der Waals surface area contributed by atoms with Gasteiger partial charge in [0, 0.05) is 5.57 Å². The molecule has 10 heavy (non-hydrogen) atoms. The first-order valence-electron chi connectivity index (χ1n) is 2.61. The summed E-state index contributed by atoms with van der Waals surface area (Å²) in [7, 11) is -1.19. The van der Waals surface area contributed by atoms with Crippen LogP contribution in [0.15, 0.2) is 12.2 Å². The molecule has 5 heteroatoms. The Morgan fingerprint density at radius 2 is 1.70 bits per heavy atom. The van der Waals surface area contributed by atoms with Crippen molar-refractivity contribution in [3.8, 4) is 0 Å². The van der Waals surface area contributed by atoms with Gasteiger partial charge in [0.2, 0.25) is 13.3 Å². The van der Waals surface area contributed by atoms with Gasteiger partial charge in [-0.25, -0.2) is 0 Å². The lowest BCUT2D eigenvalue weighted by Gasteiger charge is -1.81. The van der Waals surface area contributed by atoms with Crippen LogP contribution in [0.4, 0.5) is 0 Å². The van der Waals surface area contributed by atoms with Gasteiger partial charge in [0.15, 0.2) is 0 Å². The topological polar surface area (TPSA) is 43.1 Å². The van der Waals surface area contributed by atoms with Crippen molar-refractivity contribution in [1.29, 1.82) is 0 Å². The Morgan fingerprint density at radius 1 is 1.60 bits per heavy atom. The lowest BCUT2D eigenvalue weighted by Crippen LogP contribution is -2.10. The maximum atomic E-state index is 9.82. The van der Waals surface area contributed by atoms with Gasteiger partial charge in [-0.2, -0.15) is 22.2 Å². The first-order chi connectivity index (χ1) is 4.37. The monoisotopic (exact) mass is 199 g/mol. The van der Waals surface area contributed by atoms with E-state index in [0.29, 0.717) is 5.57 Å². The molecule has 0 heterocycles.